The average molecular weight is 306 g/mol. The molecule has 1 aliphatic heterocycles. The molecule has 0 radical (unpaired) electrons. The van der Waals surface area contributed by atoms with Gasteiger partial charge in [0.05, 0.1) is 6.54 Å². The van der Waals surface area contributed by atoms with Crippen molar-refractivity contribution in [3.8, 4) is 0 Å². The monoisotopic (exact) mass is 305 g/mol. The van der Waals surface area contributed by atoms with Crippen LogP contribution in [-0.4, -0.2) is 20.8 Å². The minimum Gasteiger partial charge on any atom is -0.331 e. The van der Waals surface area contributed by atoms with Gasteiger partial charge < -0.3 is 15.2 Å². The number of nitrogens with zero attached hydrogens (tertiary/aromatic N) is 3. The van der Waals surface area contributed by atoms with Crippen molar-refractivity contribution in [2.45, 2.75) is 32.9 Å². The maximum absolute atomic E-state index is 11.9. The van der Waals surface area contributed by atoms with Crippen molar-refractivity contribution in [3.05, 3.63) is 40.4 Å². The fourth-order valence-electron chi connectivity index (χ4n) is 2.35. The van der Waals surface area contributed by atoms with Crippen molar-refractivity contribution >= 4 is 23.3 Å². The minimum atomic E-state index is -0.287. The Morgan fingerprint density at radius 1 is 1.43 bits per heavy atom. The third-order valence-electron chi connectivity index (χ3n) is 3.52. The standard InChI is InChI=1S/C14H16ClN5O/c1-9-4-5-10(7-11(9)15)17-14(21)16-8-13-19-18-12-3-2-6-20(12)13/h4-5,7H,2-3,6,8H2,1H3,(H2,16,17,21). The first-order valence-corrected chi connectivity index (χ1v) is 7.23. The number of urea groups is 1. The Morgan fingerprint density at radius 3 is 3.10 bits per heavy atom. The summed E-state index contributed by atoms with van der Waals surface area (Å²) in [6.45, 7) is 3.20. The molecule has 0 aliphatic carbocycles. The van der Waals surface area contributed by atoms with E-state index in [4.69, 9.17) is 11.6 Å². The number of halogens is 1. The lowest BCUT2D eigenvalue weighted by molar-refractivity contribution is 0.251. The van der Waals surface area contributed by atoms with E-state index in [1.165, 1.54) is 0 Å². The maximum Gasteiger partial charge on any atom is 0.319 e. The summed E-state index contributed by atoms with van der Waals surface area (Å²) in [5.41, 5.74) is 1.64. The highest BCUT2D eigenvalue weighted by Gasteiger charge is 2.17. The zero-order chi connectivity index (χ0) is 14.8. The molecule has 2 N–H and O–H groups in total. The second-order valence-corrected chi connectivity index (χ2v) is 5.47. The molecule has 6 nitrogen and oxygen atoms in total. The lowest BCUT2D eigenvalue weighted by Crippen LogP contribution is -2.29. The van der Waals surface area contributed by atoms with E-state index in [0.717, 1.165) is 36.6 Å². The lowest BCUT2D eigenvalue weighted by Gasteiger charge is -2.09. The summed E-state index contributed by atoms with van der Waals surface area (Å²) in [5.74, 6) is 1.79. The van der Waals surface area contributed by atoms with E-state index >= 15 is 0 Å². The van der Waals surface area contributed by atoms with E-state index in [1.807, 2.05) is 19.1 Å². The van der Waals surface area contributed by atoms with Gasteiger partial charge in [0.1, 0.15) is 5.82 Å². The SMILES string of the molecule is Cc1ccc(NC(=O)NCc2nnc3n2CCC3)cc1Cl. The van der Waals surface area contributed by atoms with Gasteiger partial charge in [-0.3, -0.25) is 0 Å². The van der Waals surface area contributed by atoms with Gasteiger partial charge >= 0.3 is 6.03 Å². The normalized spacial score (nSPS) is 13.0. The van der Waals surface area contributed by atoms with Crippen LogP contribution in [0.5, 0.6) is 0 Å². The van der Waals surface area contributed by atoms with Crippen LogP contribution < -0.4 is 10.6 Å². The molecule has 1 aromatic carbocycles. The minimum absolute atomic E-state index is 0.287. The quantitative estimate of drug-likeness (QED) is 0.915. The zero-order valence-electron chi connectivity index (χ0n) is 11.7. The largest absolute Gasteiger partial charge is 0.331 e. The molecule has 7 heteroatoms. The predicted molar refractivity (Wildman–Crippen MR) is 80.4 cm³/mol. The fourth-order valence-corrected chi connectivity index (χ4v) is 2.53. The highest BCUT2D eigenvalue weighted by atomic mass is 35.5. The van der Waals surface area contributed by atoms with Crippen LogP contribution >= 0.6 is 11.6 Å². The summed E-state index contributed by atoms with van der Waals surface area (Å²) < 4.78 is 2.06. The van der Waals surface area contributed by atoms with Gasteiger partial charge in [-0.05, 0) is 31.0 Å². The molecule has 21 heavy (non-hydrogen) atoms. The Kier molecular flexibility index (Phi) is 3.79. The van der Waals surface area contributed by atoms with E-state index in [2.05, 4.69) is 25.4 Å². The summed E-state index contributed by atoms with van der Waals surface area (Å²) in [6.07, 6.45) is 2.05. The molecule has 0 unspecified atom stereocenters. The summed E-state index contributed by atoms with van der Waals surface area (Å²) in [7, 11) is 0. The average Bonchev–Trinajstić information content (AvgIpc) is 3.04. The molecule has 3 rings (SSSR count). The second-order valence-electron chi connectivity index (χ2n) is 5.06. The third-order valence-corrected chi connectivity index (χ3v) is 3.93. The van der Waals surface area contributed by atoms with Crippen molar-refractivity contribution in [1.82, 2.24) is 20.1 Å². The summed E-state index contributed by atoms with van der Waals surface area (Å²) in [6, 6.07) is 5.12. The number of carbonyl (C=O) groups is 1. The fraction of sp³-hybridized carbons (Fsp3) is 0.357. The number of nitrogens with one attached hydrogen (secondary N) is 2. The van der Waals surface area contributed by atoms with Crippen LogP contribution in [0.15, 0.2) is 18.2 Å². The molecule has 0 saturated heterocycles. The van der Waals surface area contributed by atoms with E-state index in [0.29, 0.717) is 17.3 Å². The van der Waals surface area contributed by atoms with E-state index in [1.54, 1.807) is 6.07 Å². The molecule has 0 bridgehead atoms. The third kappa shape index (κ3) is 3.00. The number of benzene rings is 1. The number of aromatic nitrogens is 3. The van der Waals surface area contributed by atoms with Gasteiger partial charge in [-0.15, -0.1) is 10.2 Å². The Balaban J connectivity index is 1.58. The highest BCUT2D eigenvalue weighted by molar-refractivity contribution is 6.31. The van der Waals surface area contributed by atoms with Gasteiger partial charge in [-0.25, -0.2) is 4.79 Å². The number of amides is 2. The number of anilines is 1. The molecular formula is C14H16ClN5O. The van der Waals surface area contributed by atoms with Crippen LogP contribution in [0.2, 0.25) is 5.02 Å². The number of hydrogen-bond acceptors (Lipinski definition) is 3. The van der Waals surface area contributed by atoms with E-state index in [9.17, 15) is 4.79 Å². The van der Waals surface area contributed by atoms with Crippen LogP contribution in [0.3, 0.4) is 0 Å². The number of rotatable bonds is 3. The zero-order valence-corrected chi connectivity index (χ0v) is 12.4. The Labute approximate surface area is 127 Å². The first-order chi connectivity index (χ1) is 10.1. The second kappa shape index (κ2) is 5.73. The smallest absolute Gasteiger partial charge is 0.319 e. The van der Waals surface area contributed by atoms with Gasteiger partial charge in [0.25, 0.3) is 0 Å². The van der Waals surface area contributed by atoms with Crippen LogP contribution in [0, 0.1) is 6.92 Å². The predicted octanol–water partition coefficient (Wildman–Crippen LogP) is 2.51. The Morgan fingerprint density at radius 2 is 2.29 bits per heavy atom. The van der Waals surface area contributed by atoms with Crippen LogP contribution in [0.1, 0.15) is 23.6 Å². The highest BCUT2D eigenvalue weighted by Crippen LogP contribution is 2.19. The molecule has 110 valence electrons. The van der Waals surface area contributed by atoms with Gasteiger partial charge in [-0.2, -0.15) is 0 Å². The number of aryl methyl sites for hydroxylation is 2. The van der Waals surface area contributed by atoms with Crippen LogP contribution in [-0.2, 0) is 19.5 Å². The molecule has 0 fully saturated rings. The van der Waals surface area contributed by atoms with E-state index in [-0.39, 0.29) is 6.03 Å². The molecule has 0 saturated carbocycles. The van der Waals surface area contributed by atoms with Crippen molar-refractivity contribution < 1.29 is 4.79 Å². The molecular weight excluding hydrogens is 290 g/mol. The topological polar surface area (TPSA) is 71.8 Å². The van der Waals surface area contributed by atoms with Gasteiger partial charge in [0.2, 0.25) is 0 Å². The molecule has 0 spiro atoms. The first kappa shape index (κ1) is 13.9. The first-order valence-electron chi connectivity index (χ1n) is 6.85. The van der Waals surface area contributed by atoms with Crippen LogP contribution in [0.4, 0.5) is 10.5 Å². The summed E-state index contributed by atoms with van der Waals surface area (Å²) in [4.78, 5) is 11.9. The van der Waals surface area contributed by atoms with E-state index < -0.39 is 0 Å². The van der Waals surface area contributed by atoms with Crippen molar-refractivity contribution in [1.29, 1.82) is 0 Å². The van der Waals surface area contributed by atoms with Crippen molar-refractivity contribution in [3.63, 3.8) is 0 Å². The molecule has 2 aromatic rings. The van der Waals surface area contributed by atoms with Crippen molar-refractivity contribution in [2.24, 2.45) is 0 Å². The Bertz CT molecular complexity index is 682. The van der Waals surface area contributed by atoms with Gasteiger partial charge in [-0.1, -0.05) is 17.7 Å². The summed E-state index contributed by atoms with van der Waals surface area (Å²) >= 11 is 6.03. The molecule has 2 heterocycles. The maximum atomic E-state index is 11.9. The number of fused-ring (bicyclic) bond motifs is 1. The lowest BCUT2D eigenvalue weighted by atomic mass is 10.2. The molecule has 1 aliphatic rings. The molecule has 2 amide bonds. The molecule has 1 aromatic heterocycles. The van der Waals surface area contributed by atoms with Crippen LogP contribution in [0.25, 0.3) is 0 Å². The summed E-state index contributed by atoms with van der Waals surface area (Å²) in [5, 5.41) is 14.4. The number of carbonyl (C=O) groups excluding carboxylic acids is 1. The van der Waals surface area contributed by atoms with Gasteiger partial charge in [0.15, 0.2) is 5.82 Å². The molecule has 0 atom stereocenters. The Hall–Kier alpha value is -2.08. The van der Waals surface area contributed by atoms with Crippen molar-refractivity contribution in [2.75, 3.05) is 5.32 Å². The number of hydrogen-bond donors (Lipinski definition) is 2. The van der Waals surface area contributed by atoms with Gasteiger partial charge in [0, 0.05) is 23.7 Å².